The van der Waals surface area contributed by atoms with Crippen LogP contribution in [-0.2, 0) is 0 Å². The van der Waals surface area contributed by atoms with Crippen molar-refractivity contribution < 1.29 is 9.18 Å². The van der Waals surface area contributed by atoms with Crippen molar-refractivity contribution in [3.8, 4) is 0 Å². The van der Waals surface area contributed by atoms with Crippen LogP contribution in [0.15, 0.2) is 18.2 Å². The molecule has 2 N–H and O–H groups in total. The van der Waals surface area contributed by atoms with Crippen molar-refractivity contribution in [1.29, 1.82) is 0 Å². The average Bonchev–Trinajstić information content (AvgIpc) is 2.97. The van der Waals surface area contributed by atoms with Crippen molar-refractivity contribution in [2.45, 2.75) is 13.3 Å². The molecule has 1 fully saturated rings. The van der Waals surface area contributed by atoms with Crippen LogP contribution >= 0.6 is 11.3 Å². The molecule has 5 heteroatoms. The number of halogens is 1. The van der Waals surface area contributed by atoms with Crippen LogP contribution in [0.25, 0.3) is 10.1 Å². The number of carbonyl (C=O) groups excluding carboxylic acids is 1. The second kappa shape index (κ2) is 4.74. The van der Waals surface area contributed by atoms with Crippen LogP contribution in [0.3, 0.4) is 0 Å². The summed E-state index contributed by atoms with van der Waals surface area (Å²) in [5.74, 6) is 0.815. The van der Waals surface area contributed by atoms with Gasteiger partial charge in [0.1, 0.15) is 10.7 Å². The Balaban J connectivity index is 1.91. The SMILES string of the molecule is CC1CC1CN(C)C(=O)c1sc2cccc(F)c2c1N. The van der Waals surface area contributed by atoms with Crippen molar-refractivity contribution in [2.75, 3.05) is 19.3 Å². The quantitative estimate of drug-likeness (QED) is 0.943. The maximum Gasteiger partial charge on any atom is 0.265 e. The fraction of sp³-hybridized carbons (Fsp3) is 0.400. The molecular formula is C15H17FN2OS. The second-order valence-corrected chi connectivity index (χ2v) is 6.67. The van der Waals surface area contributed by atoms with E-state index in [1.54, 1.807) is 24.1 Å². The zero-order valence-corrected chi connectivity index (χ0v) is 12.3. The molecule has 0 aliphatic heterocycles. The highest BCUT2D eigenvalue weighted by Crippen LogP contribution is 2.39. The van der Waals surface area contributed by atoms with Gasteiger partial charge in [0.25, 0.3) is 5.91 Å². The Bertz CT molecular complexity index is 682. The van der Waals surface area contributed by atoms with Gasteiger partial charge in [-0.25, -0.2) is 4.39 Å². The normalized spacial score (nSPS) is 21.1. The lowest BCUT2D eigenvalue weighted by molar-refractivity contribution is 0.0793. The number of nitrogens with zero attached hydrogens (tertiary/aromatic N) is 1. The Morgan fingerprint density at radius 2 is 2.25 bits per heavy atom. The molecule has 1 aromatic heterocycles. The first kappa shape index (κ1) is 13.4. The number of fused-ring (bicyclic) bond motifs is 1. The highest BCUT2D eigenvalue weighted by Gasteiger charge is 2.35. The van der Waals surface area contributed by atoms with Crippen LogP contribution in [0.5, 0.6) is 0 Å². The number of amides is 1. The number of rotatable bonds is 3. The molecule has 1 heterocycles. The van der Waals surface area contributed by atoms with Crippen molar-refractivity contribution in [1.82, 2.24) is 4.90 Å². The van der Waals surface area contributed by atoms with E-state index in [1.165, 1.54) is 23.8 Å². The van der Waals surface area contributed by atoms with Gasteiger partial charge in [0.15, 0.2) is 0 Å². The third-order valence-electron chi connectivity index (χ3n) is 4.03. The van der Waals surface area contributed by atoms with Gasteiger partial charge >= 0.3 is 0 Å². The summed E-state index contributed by atoms with van der Waals surface area (Å²) < 4.78 is 14.5. The maximum atomic E-state index is 13.8. The topological polar surface area (TPSA) is 46.3 Å². The van der Waals surface area contributed by atoms with Crippen LogP contribution in [0, 0.1) is 17.7 Å². The van der Waals surface area contributed by atoms with E-state index < -0.39 is 0 Å². The van der Waals surface area contributed by atoms with E-state index in [4.69, 9.17) is 5.73 Å². The van der Waals surface area contributed by atoms with Gasteiger partial charge in [-0.3, -0.25) is 4.79 Å². The molecule has 2 aromatic rings. The van der Waals surface area contributed by atoms with Gasteiger partial charge < -0.3 is 10.6 Å². The number of nitrogens with two attached hydrogens (primary N) is 1. The van der Waals surface area contributed by atoms with Crippen LogP contribution < -0.4 is 5.73 Å². The minimum absolute atomic E-state index is 0.109. The minimum Gasteiger partial charge on any atom is -0.397 e. The first-order valence-corrected chi connectivity index (χ1v) is 7.52. The van der Waals surface area contributed by atoms with E-state index in [0.717, 1.165) is 11.2 Å². The second-order valence-electron chi connectivity index (χ2n) is 5.62. The number of anilines is 1. The van der Waals surface area contributed by atoms with Gasteiger partial charge in [0.05, 0.1) is 11.1 Å². The van der Waals surface area contributed by atoms with E-state index in [-0.39, 0.29) is 17.4 Å². The molecule has 1 aromatic carbocycles. The van der Waals surface area contributed by atoms with Crippen molar-refractivity contribution >= 4 is 33.0 Å². The number of hydrogen-bond donors (Lipinski definition) is 1. The molecule has 0 radical (unpaired) electrons. The molecule has 1 aliphatic carbocycles. The highest BCUT2D eigenvalue weighted by atomic mass is 32.1. The van der Waals surface area contributed by atoms with Gasteiger partial charge in [-0.1, -0.05) is 13.0 Å². The molecule has 1 aliphatic rings. The molecule has 0 bridgehead atoms. The van der Waals surface area contributed by atoms with E-state index in [9.17, 15) is 9.18 Å². The smallest absolute Gasteiger partial charge is 0.265 e. The summed E-state index contributed by atoms with van der Waals surface area (Å²) in [6.45, 7) is 2.93. The van der Waals surface area contributed by atoms with Crippen LogP contribution in [0.1, 0.15) is 23.0 Å². The van der Waals surface area contributed by atoms with Gasteiger partial charge in [-0.15, -0.1) is 11.3 Å². The largest absolute Gasteiger partial charge is 0.397 e. The van der Waals surface area contributed by atoms with Crippen LogP contribution in [0.2, 0.25) is 0 Å². The zero-order valence-electron chi connectivity index (χ0n) is 11.5. The predicted molar refractivity (Wildman–Crippen MR) is 80.4 cm³/mol. The summed E-state index contributed by atoms with van der Waals surface area (Å²) in [6, 6.07) is 4.80. The lowest BCUT2D eigenvalue weighted by atomic mass is 10.2. The molecule has 1 amide bonds. The van der Waals surface area contributed by atoms with E-state index in [1.807, 2.05) is 0 Å². The fourth-order valence-electron chi connectivity index (χ4n) is 2.55. The van der Waals surface area contributed by atoms with E-state index >= 15 is 0 Å². The predicted octanol–water partition coefficient (Wildman–Crippen LogP) is 3.35. The van der Waals surface area contributed by atoms with Gasteiger partial charge in [0.2, 0.25) is 0 Å². The molecule has 3 nitrogen and oxygen atoms in total. The minimum atomic E-state index is -0.367. The number of nitrogen functional groups attached to an aromatic ring is 1. The van der Waals surface area contributed by atoms with Gasteiger partial charge in [-0.2, -0.15) is 0 Å². The average molecular weight is 292 g/mol. The van der Waals surface area contributed by atoms with Crippen molar-refractivity contribution in [3.05, 3.63) is 28.9 Å². The Morgan fingerprint density at radius 3 is 2.85 bits per heavy atom. The monoisotopic (exact) mass is 292 g/mol. The molecule has 2 atom stereocenters. The van der Waals surface area contributed by atoms with Crippen LogP contribution in [0.4, 0.5) is 10.1 Å². The number of carbonyl (C=O) groups is 1. The summed E-state index contributed by atoms with van der Waals surface area (Å²) in [5.41, 5.74) is 6.24. The highest BCUT2D eigenvalue weighted by molar-refractivity contribution is 7.21. The molecule has 3 rings (SSSR count). The lowest BCUT2D eigenvalue weighted by Gasteiger charge is -2.16. The van der Waals surface area contributed by atoms with Crippen molar-refractivity contribution in [2.24, 2.45) is 11.8 Å². The zero-order chi connectivity index (χ0) is 14.4. The first-order valence-electron chi connectivity index (χ1n) is 6.71. The number of thiophene rings is 1. The molecular weight excluding hydrogens is 275 g/mol. The molecule has 106 valence electrons. The van der Waals surface area contributed by atoms with Gasteiger partial charge in [0, 0.05) is 18.3 Å². The van der Waals surface area contributed by atoms with Crippen molar-refractivity contribution in [3.63, 3.8) is 0 Å². The molecule has 1 saturated carbocycles. The molecule has 20 heavy (non-hydrogen) atoms. The molecule has 2 unspecified atom stereocenters. The standard InChI is InChI=1S/C15H17FN2OS/c1-8-6-9(8)7-18(2)15(19)14-13(17)12-10(16)4-3-5-11(12)20-14/h3-5,8-9H,6-7,17H2,1-2H3. The number of benzene rings is 1. The Morgan fingerprint density at radius 1 is 1.55 bits per heavy atom. The summed E-state index contributed by atoms with van der Waals surface area (Å²) in [6.07, 6.45) is 1.17. The molecule has 0 spiro atoms. The fourth-order valence-corrected chi connectivity index (χ4v) is 3.68. The van der Waals surface area contributed by atoms with Crippen LogP contribution in [-0.4, -0.2) is 24.4 Å². The Labute approximate surface area is 121 Å². The lowest BCUT2D eigenvalue weighted by Crippen LogP contribution is -2.28. The van der Waals surface area contributed by atoms with Gasteiger partial charge in [-0.05, 0) is 30.4 Å². The summed E-state index contributed by atoms with van der Waals surface area (Å²) >= 11 is 1.27. The summed E-state index contributed by atoms with van der Waals surface area (Å²) in [7, 11) is 1.79. The summed E-state index contributed by atoms with van der Waals surface area (Å²) in [5, 5.41) is 0.369. The number of hydrogen-bond acceptors (Lipinski definition) is 3. The molecule has 0 saturated heterocycles. The Kier molecular flexibility index (Phi) is 3.17. The first-order chi connectivity index (χ1) is 9.49. The maximum absolute atomic E-state index is 13.8. The third kappa shape index (κ3) is 2.16. The Hall–Kier alpha value is -1.62. The summed E-state index contributed by atoms with van der Waals surface area (Å²) in [4.78, 5) is 14.6. The van der Waals surface area contributed by atoms with E-state index in [2.05, 4.69) is 6.92 Å². The van der Waals surface area contributed by atoms with E-state index in [0.29, 0.717) is 22.1 Å². The third-order valence-corrected chi connectivity index (χ3v) is 5.19.